The van der Waals surface area contributed by atoms with Gasteiger partial charge in [-0.2, -0.15) is 39.2 Å². The molecule has 0 fully saturated rings. The first-order valence-corrected chi connectivity index (χ1v) is 3.98. The fourth-order valence-corrected chi connectivity index (χ4v) is 0.767. The van der Waals surface area contributed by atoms with Gasteiger partial charge in [0.05, 0.1) is 0 Å². The highest BCUT2D eigenvalue weighted by atomic mass is 127. The van der Waals surface area contributed by atoms with Gasteiger partial charge in [-0.1, -0.05) is 0 Å². The lowest BCUT2D eigenvalue weighted by Crippen LogP contribution is -2.55. The van der Waals surface area contributed by atoms with Crippen molar-refractivity contribution < 1.29 is 43.7 Å². The van der Waals surface area contributed by atoms with E-state index in [1.54, 1.807) is 0 Å². The van der Waals surface area contributed by atoms with Crippen molar-refractivity contribution in [3.05, 3.63) is 0 Å². The van der Waals surface area contributed by atoms with Gasteiger partial charge in [-0.05, 0) is 0 Å². The predicted octanol–water partition coefficient (Wildman–Crippen LogP) is 2.28. The van der Waals surface area contributed by atoms with Gasteiger partial charge in [0, 0.05) is 0 Å². The second kappa shape index (κ2) is 4.20. The van der Waals surface area contributed by atoms with Gasteiger partial charge in [-0.3, -0.25) is 4.55 Å². The molecule has 0 aromatic heterocycles. The molecule has 0 saturated carbocycles. The van der Waals surface area contributed by atoms with Crippen LogP contribution in [-0.4, -0.2) is 30.3 Å². The Morgan fingerprint density at radius 3 is 1.20 bits per heavy atom. The molecule has 0 bridgehead atoms. The van der Waals surface area contributed by atoms with Crippen LogP contribution in [0.15, 0.2) is 0 Å². The number of halogens is 8. The van der Waals surface area contributed by atoms with Gasteiger partial charge in [-0.15, -0.1) is 24.0 Å². The molecule has 0 aromatic carbocycles. The van der Waals surface area contributed by atoms with E-state index in [9.17, 15) is 39.2 Å². The van der Waals surface area contributed by atoms with E-state index in [4.69, 9.17) is 4.55 Å². The average molecular weight is 378 g/mol. The monoisotopic (exact) mass is 378 g/mol. The molecule has 15 heavy (non-hydrogen) atoms. The van der Waals surface area contributed by atoms with Crippen molar-refractivity contribution in [1.29, 1.82) is 0 Å². The van der Waals surface area contributed by atoms with Gasteiger partial charge in [-0.25, -0.2) is 0 Å². The topological polar surface area (TPSA) is 54.4 Å². The van der Waals surface area contributed by atoms with Crippen LogP contribution in [0.3, 0.4) is 0 Å². The first-order chi connectivity index (χ1) is 5.75. The molecule has 0 amide bonds. The van der Waals surface area contributed by atoms with Crippen molar-refractivity contribution in [2.75, 3.05) is 0 Å². The first kappa shape index (κ1) is 17.5. The molecule has 0 radical (unpaired) electrons. The minimum Gasteiger partial charge on any atom is -0.281 e. The van der Waals surface area contributed by atoms with Crippen molar-refractivity contribution in [3.63, 3.8) is 0 Å². The molecule has 0 aliphatic carbocycles. The van der Waals surface area contributed by atoms with Crippen LogP contribution in [0.4, 0.5) is 30.7 Å². The summed E-state index contributed by atoms with van der Waals surface area (Å²) in [7, 11) is -6.85. The lowest BCUT2D eigenvalue weighted by molar-refractivity contribution is -0.333. The molecule has 3 nitrogen and oxygen atoms in total. The van der Waals surface area contributed by atoms with Crippen molar-refractivity contribution in [2.24, 2.45) is 0 Å². The van der Waals surface area contributed by atoms with Crippen molar-refractivity contribution in [2.45, 2.75) is 17.4 Å². The maximum Gasteiger partial charge on any atom is 0.461 e. The Hall–Kier alpha value is 0.150. The van der Waals surface area contributed by atoms with Crippen LogP contribution in [0.25, 0.3) is 0 Å². The third kappa shape index (κ3) is 2.83. The Bertz CT molecular complexity index is 319. The molecule has 0 atom stereocenters. The van der Waals surface area contributed by atoms with Gasteiger partial charge < -0.3 is 0 Å². The maximum atomic E-state index is 11.9. The molecule has 0 aliphatic heterocycles. The largest absolute Gasteiger partial charge is 0.461 e. The summed E-state index contributed by atoms with van der Waals surface area (Å²) in [5, 5.41) is -6.61. The molecule has 94 valence electrons. The lowest BCUT2D eigenvalue weighted by atomic mass is 10.3. The molecular formula is C3H2F7IO3S. The first-order valence-electron chi connectivity index (χ1n) is 2.54. The van der Waals surface area contributed by atoms with E-state index in [1.165, 1.54) is 0 Å². The Balaban J connectivity index is 0. The summed E-state index contributed by atoms with van der Waals surface area (Å²) in [6.45, 7) is 0. The fourth-order valence-electron chi connectivity index (χ4n) is 0.327. The Morgan fingerprint density at radius 1 is 0.867 bits per heavy atom. The summed E-state index contributed by atoms with van der Waals surface area (Å²) in [4.78, 5) is 0. The van der Waals surface area contributed by atoms with Crippen molar-refractivity contribution in [3.8, 4) is 0 Å². The zero-order valence-electron chi connectivity index (χ0n) is 6.23. The van der Waals surface area contributed by atoms with Crippen LogP contribution in [0.2, 0.25) is 0 Å². The minimum absolute atomic E-state index is 0. The zero-order chi connectivity index (χ0) is 12.0. The van der Waals surface area contributed by atoms with E-state index in [0.717, 1.165) is 0 Å². The van der Waals surface area contributed by atoms with Crippen molar-refractivity contribution >= 4 is 34.1 Å². The third-order valence-corrected chi connectivity index (χ3v) is 1.95. The molecule has 0 aliphatic rings. The molecule has 0 rings (SSSR count). The Morgan fingerprint density at radius 2 is 1.13 bits per heavy atom. The minimum atomic E-state index is -6.85. The number of hydrogen-bond donors (Lipinski definition) is 1. The van der Waals surface area contributed by atoms with Crippen LogP contribution < -0.4 is 0 Å². The number of alkyl halides is 7. The molecular weight excluding hydrogens is 376 g/mol. The predicted molar refractivity (Wildman–Crippen MR) is 42.9 cm³/mol. The van der Waals surface area contributed by atoms with Crippen LogP contribution in [-0.2, 0) is 10.1 Å². The van der Waals surface area contributed by atoms with Crippen LogP contribution >= 0.6 is 24.0 Å². The summed E-state index contributed by atoms with van der Waals surface area (Å²) >= 11 is 0. The maximum absolute atomic E-state index is 11.9. The van der Waals surface area contributed by atoms with E-state index in [-0.39, 0.29) is 24.0 Å². The molecule has 0 aromatic rings. The SMILES string of the molecule is I.O=S(=O)(O)C(F)(F)C(F)(F)C(F)(F)F. The normalized spacial score (nSPS) is 14.7. The molecule has 0 unspecified atom stereocenters. The van der Waals surface area contributed by atoms with Gasteiger partial charge >= 0.3 is 27.5 Å². The molecule has 0 heterocycles. The highest BCUT2D eigenvalue weighted by Crippen LogP contribution is 2.48. The lowest BCUT2D eigenvalue weighted by Gasteiger charge is -2.25. The molecule has 0 spiro atoms. The van der Waals surface area contributed by atoms with Gasteiger partial charge in [0.1, 0.15) is 0 Å². The quantitative estimate of drug-likeness (QED) is 0.456. The van der Waals surface area contributed by atoms with Gasteiger partial charge in [0.25, 0.3) is 0 Å². The second-order valence-corrected chi connectivity index (χ2v) is 3.53. The summed E-state index contributed by atoms with van der Waals surface area (Å²) in [6.07, 6.45) is -6.79. The molecule has 0 saturated heterocycles. The smallest absolute Gasteiger partial charge is 0.281 e. The number of hydrogen-bond acceptors (Lipinski definition) is 2. The van der Waals surface area contributed by atoms with E-state index in [2.05, 4.69) is 0 Å². The van der Waals surface area contributed by atoms with Gasteiger partial charge in [0.15, 0.2) is 0 Å². The Kier molecular flexibility index (Phi) is 4.91. The third-order valence-electron chi connectivity index (χ3n) is 1.05. The second-order valence-electron chi connectivity index (χ2n) is 2.06. The Labute approximate surface area is 95.4 Å². The van der Waals surface area contributed by atoms with Crippen LogP contribution in [0.1, 0.15) is 0 Å². The van der Waals surface area contributed by atoms with E-state index in [1.807, 2.05) is 0 Å². The summed E-state index contributed by atoms with van der Waals surface area (Å²) in [6, 6.07) is 0. The molecule has 12 heteroatoms. The van der Waals surface area contributed by atoms with E-state index in [0.29, 0.717) is 0 Å². The average Bonchev–Trinajstić information content (AvgIpc) is 1.81. The summed E-state index contributed by atoms with van der Waals surface area (Å²) in [5.74, 6) is -6.85. The van der Waals surface area contributed by atoms with Gasteiger partial charge in [0.2, 0.25) is 0 Å². The van der Waals surface area contributed by atoms with Crippen molar-refractivity contribution in [1.82, 2.24) is 0 Å². The fraction of sp³-hybridized carbons (Fsp3) is 1.00. The number of rotatable bonds is 2. The van der Waals surface area contributed by atoms with E-state index >= 15 is 0 Å². The van der Waals surface area contributed by atoms with Crippen LogP contribution in [0.5, 0.6) is 0 Å². The summed E-state index contributed by atoms with van der Waals surface area (Å²) in [5.41, 5.74) is 0. The summed E-state index contributed by atoms with van der Waals surface area (Å²) < 4.78 is 108. The standard InChI is InChI=1S/C3HF7O3S.HI/c4-1(5,2(6,7)8)3(9,10)14(11,12)13;/h(H,11,12,13);1H. The molecule has 1 N–H and O–H groups in total. The highest BCUT2D eigenvalue weighted by molar-refractivity contribution is 14.0. The zero-order valence-corrected chi connectivity index (χ0v) is 9.37. The highest BCUT2D eigenvalue weighted by Gasteiger charge is 2.78. The van der Waals surface area contributed by atoms with E-state index < -0.39 is 27.5 Å². The van der Waals surface area contributed by atoms with Crippen LogP contribution in [0, 0.1) is 0 Å².